The lowest BCUT2D eigenvalue weighted by atomic mass is 10.0. The molecule has 0 atom stereocenters. The van der Waals surface area contributed by atoms with E-state index in [1.807, 2.05) is 12.1 Å². The molecular weight excluding hydrogens is 224 g/mol. The van der Waals surface area contributed by atoms with E-state index >= 15 is 0 Å². The van der Waals surface area contributed by atoms with Gasteiger partial charge < -0.3 is 0 Å². The third-order valence-corrected chi connectivity index (χ3v) is 3.23. The Morgan fingerprint density at radius 2 is 2.11 bits per heavy atom. The molecule has 18 heavy (non-hydrogen) atoms. The second-order valence-corrected chi connectivity index (χ2v) is 4.80. The second kappa shape index (κ2) is 5.25. The number of aromatic nitrogens is 2. The van der Waals surface area contributed by atoms with Gasteiger partial charge >= 0.3 is 0 Å². The molecule has 0 saturated heterocycles. The van der Waals surface area contributed by atoms with Gasteiger partial charge in [-0.3, -0.25) is 14.6 Å². The van der Waals surface area contributed by atoms with Gasteiger partial charge in [-0.05, 0) is 25.8 Å². The maximum absolute atomic E-state index is 12.1. The van der Waals surface area contributed by atoms with E-state index in [0.717, 1.165) is 36.1 Å². The summed E-state index contributed by atoms with van der Waals surface area (Å²) < 4.78 is 1.57. The molecule has 0 saturated carbocycles. The standard InChI is InChI=1S/C15H20N2O/c1-4-5-9-13-14(16-17(3)15(13)18)12-8-6-7-11(2)10-12/h6-8,10,16H,4-5,9H2,1-3H3. The van der Waals surface area contributed by atoms with Crippen LogP contribution in [-0.4, -0.2) is 9.78 Å². The molecule has 0 aliphatic heterocycles. The van der Waals surface area contributed by atoms with E-state index in [0.29, 0.717) is 0 Å². The molecule has 0 aliphatic carbocycles. The van der Waals surface area contributed by atoms with Crippen LogP contribution in [0.2, 0.25) is 0 Å². The summed E-state index contributed by atoms with van der Waals surface area (Å²) in [6.07, 6.45) is 2.99. The van der Waals surface area contributed by atoms with Crippen molar-refractivity contribution < 1.29 is 0 Å². The number of H-pyrrole nitrogens is 1. The van der Waals surface area contributed by atoms with Gasteiger partial charge in [-0.2, -0.15) is 0 Å². The number of unbranched alkanes of at least 4 members (excludes halogenated alkanes) is 1. The van der Waals surface area contributed by atoms with Gasteiger partial charge in [0, 0.05) is 18.2 Å². The second-order valence-electron chi connectivity index (χ2n) is 4.80. The summed E-state index contributed by atoms with van der Waals surface area (Å²) in [5.41, 5.74) is 4.28. The topological polar surface area (TPSA) is 37.8 Å². The van der Waals surface area contributed by atoms with Crippen LogP contribution in [0, 0.1) is 6.92 Å². The Balaban J connectivity index is 2.50. The molecule has 1 aromatic heterocycles. The smallest absolute Gasteiger partial charge is 0.270 e. The quantitative estimate of drug-likeness (QED) is 0.882. The first-order chi connectivity index (χ1) is 8.63. The van der Waals surface area contributed by atoms with E-state index in [-0.39, 0.29) is 5.56 Å². The van der Waals surface area contributed by atoms with Crippen molar-refractivity contribution in [1.82, 2.24) is 9.78 Å². The van der Waals surface area contributed by atoms with Crippen LogP contribution in [0.15, 0.2) is 29.1 Å². The maximum Gasteiger partial charge on any atom is 0.270 e. The van der Waals surface area contributed by atoms with Crippen LogP contribution in [-0.2, 0) is 13.5 Å². The number of hydrogen-bond donors (Lipinski definition) is 1. The van der Waals surface area contributed by atoms with E-state index in [1.165, 1.54) is 5.56 Å². The SMILES string of the molecule is CCCCc1c(-c2cccc(C)c2)[nH]n(C)c1=O. The lowest BCUT2D eigenvalue weighted by Gasteiger charge is -2.03. The Morgan fingerprint density at radius 3 is 2.78 bits per heavy atom. The van der Waals surface area contributed by atoms with Crippen molar-refractivity contribution in [2.75, 3.05) is 0 Å². The third-order valence-electron chi connectivity index (χ3n) is 3.23. The Morgan fingerprint density at radius 1 is 1.33 bits per heavy atom. The van der Waals surface area contributed by atoms with Crippen molar-refractivity contribution in [2.24, 2.45) is 7.05 Å². The van der Waals surface area contributed by atoms with Crippen molar-refractivity contribution in [3.05, 3.63) is 45.7 Å². The molecule has 0 spiro atoms. The number of hydrogen-bond acceptors (Lipinski definition) is 1. The zero-order chi connectivity index (χ0) is 13.1. The van der Waals surface area contributed by atoms with Gasteiger partial charge in [0.15, 0.2) is 0 Å². The Hall–Kier alpha value is -1.77. The number of benzene rings is 1. The molecule has 0 aliphatic rings. The predicted molar refractivity (Wildman–Crippen MR) is 74.8 cm³/mol. The molecule has 0 bridgehead atoms. The first kappa shape index (κ1) is 12.7. The van der Waals surface area contributed by atoms with Crippen LogP contribution in [0.25, 0.3) is 11.3 Å². The summed E-state index contributed by atoms with van der Waals surface area (Å²) in [5.74, 6) is 0. The minimum atomic E-state index is 0.0972. The highest BCUT2D eigenvalue weighted by molar-refractivity contribution is 5.63. The van der Waals surface area contributed by atoms with Crippen molar-refractivity contribution in [3.8, 4) is 11.3 Å². The molecule has 0 radical (unpaired) electrons. The van der Waals surface area contributed by atoms with Crippen LogP contribution in [0.4, 0.5) is 0 Å². The monoisotopic (exact) mass is 244 g/mol. The maximum atomic E-state index is 12.1. The van der Waals surface area contributed by atoms with Crippen LogP contribution >= 0.6 is 0 Å². The first-order valence-electron chi connectivity index (χ1n) is 6.48. The van der Waals surface area contributed by atoms with Gasteiger partial charge in [0.2, 0.25) is 0 Å². The Kier molecular flexibility index (Phi) is 3.70. The normalized spacial score (nSPS) is 10.8. The summed E-state index contributed by atoms with van der Waals surface area (Å²) in [4.78, 5) is 12.1. The van der Waals surface area contributed by atoms with Gasteiger partial charge in [0.05, 0.1) is 5.69 Å². The zero-order valence-electron chi connectivity index (χ0n) is 11.3. The predicted octanol–water partition coefficient (Wildman–Crippen LogP) is 3.03. The van der Waals surface area contributed by atoms with Crippen LogP contribution in [0.1, 0.15) is 30.9 Å². The zero-order valence-corrected chi connectivity index (χ0v) is 11.3. The molecule has 0 unspecified atom stereocenters. The summed E-state index contributed by atoms with van der Waals surface area (Å²) in [5, 5.41) is 3.17. The highest BCUT2D eigenvalue weighted by atomic mass is 16.1. The molecule has 1 heterocycles. The lowest BCUT2D eigenvalue weighted by molar-refractivity contribution is 0.733. The molecule has 2 aromatic rings. The summed E-state index contributed by atoms with van der Waals surface area (Å²) in [6.45, 7) is 4.21. The van der Waals surface area contributed by atoms with Gasteiger partial charge in [0.25, 0.3) is 5.56 Å². The minimum absolute atomic E-state index is 0.0972. The molecule has 3 heteroatoms. The average molecular weight is 244 g/mol. The van der Waals surface area contributed by atoms with Gasteiger partial charge in [-0.1, -0.05) is 37.1 Å². The number of rotatable bonds is 4. The van der Waals surface area contributed by atoms with Gasteiger partial charge in [0.1, 0.15) is 0 Å². The van der Waals surface area contributed by atoms with E-state index in [4.69, 9.17) is 0 Å². The summed E-state index contributed by atoms with van der Waals surface area (Å²) in [6, 6.07) is 8.25. The summed E-state index contributed by atoms with van der Waals surface area (Å²) >= 11 is 0. The van der Waals surface area contributed by atoms with Crippen LogP contribution in [0.3, 0.4) is 0 Å². The molecule has 3 nitrogen and oxygen atoms in total. The molecule has 1 N–H and O–H groups in total. The first-order valence-corrected chi connectivity index (χ1v) is 6.48. The van der Waals surface area contributed by atoms with Crippen molar-refractivity contribution in [1.29, 1.82) is 0 Å². The third kappa shape index (κ3) is 2.40. The van der Waals surface area contributed by atoms with E-state index in [2.05, 4.69) is 31.1 Å². The highest BCUT2D eigenvalue weighted by Gasteiger charge is 2.13. The molecule has 0 fully saturated rings. The van der Waals surface area contributed by atoms with Gasteiger partial charge in [-0.25, -0.2) is 0 Å². The number of aromatic amines is 1. The highest BCUT2D eigenvalue weighted by Crippen LogP contribution is 2.21. The minimum Gasteiger partial charge on any atom is -0.295 e. The lowest BCUT2D eigenvalue weighted by Crippen LogP contribution is -2.15. The molecule has 2 rings (SSSR count). The van der Waals surface area contributed by atoms with Gasteiger partial charge in [-0.15, -0.1) is 0 Å². The fourth-order valence-electron chi connectivity index (χ4n) is 2.22. The van der Waals surface area contributed by atoms with Crippen molar-refractivity contribution in [3.63, 3.8) is 0 Å². The molecule has 1 aromatic carbocycles. The van der Waals surface area contributed by atoms with E-state index in [1.54, 1.807) is 11.7 Å². The number of aryl methyl sites for hydroxylation is 2. The van der Waals surface area contributed by atoms with Crippen LogP contribution in [0.5, 0.6) is 0 Å². The van der Waals surface area contributed by atoms with Crippen LogP contribution < -0.4 is 5.56 Å². The fourth-order valence-corrected chi connectivity index (χ4v) is 2.22. The molecular formula is C15H20N2O. The van der Waals surface area contributed by atoms with Crippen molar-refractivity contribution in [2.45, 2.75) is 33.1 Å². The Bertz CT molecular complexity index is 593. The number of nitrogens with one attached hydrogen (secondary N) is 1. The molecule has 0 amide bonds. The van der Waals surface area contributed by atoms with Crippen molar-refractivity contribution >= 4 is 0 Å². The fraction of sp³-hybridized carbons (Fsp3) is 0.400. The van der Waals surface area contributed by atoms with E-state index < -0.39 is 0 Å². The average Bonchev–Trinajstić information content (AvgIpc) is 2.64. The Labute approximate surface area is 107 Å². The molecule has 96 valence electrons. The number of nitrogens with zero attached hydrogens (tertiary/aromatic N) is 1. The largest absolute Gasteiger partial charge is 0.295 e. The summed E-state index contributed by atoms with van der Waals surface area (Å²) in [7, 11) is 1.77. The van der Waals surface area contributed by atoms with E-state index in [9.17, 15) is 4.79 Å².